The zero-order chi connectivity index (χ0) is 14.5. The Kier molecular flexibility index (Phi) is 5.35. The minimum absolute atomic E-state index is 0.332. The van der Waals surface area contributed by atoms with Crippen molar-refractivity contribution < 1.29 is 14.7 Å². The van der Waals surface area contributed by atoms with E-state index in [2.05, 4.69) is 5.32 Å². The molecule has 0 spiro atoms. The van der Waals surface area contributed by atoms with Crippen molar-refractivity contribution in [3.8, 4) is 0 Å². The molecule has 1 saturated carbocycles. The lowest BCUT2D eigenvalue weighted by molar-refractivity contribution is -0.149. The summed E-state index contributed by atoms with van der Waals surface area (Å²) in [5.41, 5.74) is 3.96. The van der Waals surface area contributed by atoms with Gasteiger partial charge in [0, 0.05) is 0 Å². The Balaban J connectivity index is 2.89. The number of carbonyl (C=O) groups excluding carboxylic acids is 1. The van der Waals surface area contributed by atoms with Crippen LogP contribution >= 0.6 is 0 Å². The normalized spacial score (nSPS) is 19.5. The SMILES string of the molecule is CCC(N)(CC)C(=O)NC1(C(=O)O)CCCCCC1. The van der Waals surface area contributed by atoms with Crippen LogP contribution in [0.25, 0.3) is 0 Å². The van der Waals surface area contributed by atoms with Crippen LogP contribution in [0.1, 0.15) is 65.2 Å². The Morgan fingerprint density at radius 2 is 1.63 bits per heavy atom. The molecule has 1 aliphatic rings. The van der Waals surface area contributed by atoms with Gasteiger partial charge in [0.15, 0.2) is 0 Å². The summed E-state index contributed by atoms with van der Waals surface area (Å²) in [5.74, 6) is -1.26. The number of aliphatic carboxylic acids is 1. The number of carbonyl (C=O) groups is 2. The number of nitrogens with one attached hydrogen (secondary N) is 1. The van der Waals surface area contributed by atoms with Gasteiger partial charge >= 0.3 is 5.97 Å². The lowest BCUT2D eigenvalue weighted by atomic mass is 9.86. The number of hydrogen-bond acceptors (Lipinski definition) is 3. The molecule has 5 heteroatoms. The van der Waals surface area contributed by atoms with Gasteiger partial charge in [-0.05, 0) is 25.7 Å². The van der Waals surface area contributed by atoms with Gasteiger partial charge in [-0.1, -0.05) is 39.5 Å². The van der Waals surface area contributed by atoms with Crippen molar-refractivity contribution in [3.05, 3.63) is 0 Å². The van der Waals surface area contributed by atoms with E-state index < -0.39 is 17.0 Å². The van der Waals surface area contributed by atoms with E-state index in [4.69, 9.17) is 5.73 Å². The number of rotatable bonds is 5. The predicted octanol–water partition coefficient (Wildman–Crippen LogP) is 1.80. The maximum Gasteiger partial charge on any atom is 0.329 e. The average Bonchev–Trinajstić information content (AvgIpc) is 2.64. The van der Waals surface area contributed by atoms with Crippen molar-refractivity contribution in [2.75, 3.05) is 0 Å². The Morgan fingerprint density at radius 3 is 2.00 bits per heavy atom. The quantitative estimate of drug-likeness (QED) is 0.664. The van der Waals surface area contributed by atoms with Gasteiger partial charge < -0.3 is 16.2 Å². The van der Waals surface area contributed by atoms with Crippen LogP contribution in [0.2, 0.25) is 0 Å². The second-order valence-corrected chi connectivity index (χ2v) is 5.62. The van der Waals surface area contributed by atoms with Crippen molar-refractivity contribution in [3.63, 3.8) is 0 Å². The molecule has 0 radical (unpaired) electrons. The number of hydrogen-bond donors (Lipinski definition) is 3. The first-order valence-electron chi connectivity index (χ1n) is 7.25. The Hall–Kier alpha value is -1.10. The van der Waals surface area contributed by atoms with Gasteiger partial charge in [0.1, 0.15) is 5.54 Å². The topological polar surface area (TPSA) is 92.4 Å². The maximum absolute atomic E-state index is 12.3. The Labute approximate surface area is 114 Å². The molecular formula is C14H26N2O3. The summed E-state index contributed by atoms with van der Waals surface area (Å²) in [7, 11) is 0. The number of amides is 1. The summed E-state index contributed by atoms with van der Waals surface area (Å²) in [5, 5.41) is 12.3. The van der Waals surface area contributed by atoms with Crippen LogP contribution in [0.15, 0.2) is 0 Å². The third kappa shape index (κ3) is 3.47. The largest absolute Gasteiger partial charge is 0.480 e. The molecule has 0 heterocycles. The third-order valence-corrected chi connectivity index (χ3v) is 4.43. The minimum atomic E-state index is -1.12. The molecule has 0 aliphatic heterocycles. The monoisotopic (exact) mass is 270 g/mol. The molecule has 5 nitrogen and oxygen atoms in total. The lowest BCUT2D eigenvalue weighted by Crippen LogP contribution is -2.62. The number of carboxylic acid groups (broad SMARTS) is 1. The van der Waals surface area contributed by atoms with Crippen molar-refractivity contribution in [1.29, 1.82) is 0 Å². The predicted molar refractivity (Wildman–Crippen MR) is 73.7 cm³/mol. The summed E-state index contributed by atoms with van der Waals surface area (Å²) in [6, 6.07) is 0. The molecule has 0 saturated heterocycles. The van der Waals surface area contributed by atoms with Gasteiger partial charge in [-0.25, -0.2) is 4.79 Å². The van der Waals surface area contributed by atoms with Crippen LogP contribution in [0.3, 0.4) is 0 Å². The molecule has 0 bridgehead atoms. The van der Waals surface area contributed by atoms with Crippen LogP contribution in [0.4, 0.5) is 0 Å². The first kappa shape index (κ1) is 16.0. The van der Waals surface area contributed by atoms with Crippen LogP contribution < -0.4 is 11.1 Å². The summed E-state index contributed by atoms with van der Waals surface area (Å²) >= 11 is 0. The van der Waals surface area contributed by atoms with E-state index in [1.807, 2.05) is 13.8 Å². The van der Waals surface area contributed by atoms with Crippen molar-refractivity contribution >= 4 is 11.9 Å². The highest BCUT2D eigenvalue weighted by molar-refractivity contribution is 5.92. The summed E-state index contributed by atoms with van der Waals surface area (Å²) < 4.78 is 0. The zero-order valence-electron chi connectivity index (χ0n) is 12.0. The molecule has 1 amide bonds. The zero-order valence-corrected chi connectivity index (χ0v) is 12.0. The van der Waals surface area contributed by atoms with E-state index in [-0.39, 0.29) is 5.91 Å². The number of carboxylic acids is 1. The van der Waals surface area contributed by atoms with E-state index in [1.54, 1.807) is 0 Å². The third-order valence-electron chi connectivity index (χ3n) is 4.43. The molecule has 110 valence electrons. The Morgan fingerprint density at radius 1 is 1.16 bits per heavy atom. The highest BCUT2D eigenvalue weighted by Gasteiger charge is 2.43. The van der Waals surface area contributed by atoms with Crippen molar-refractivity contribution in [2.24, 2.45) is 5.73 Å². The van der Waals surface area contributed by atoms with Crippen LogP contribution in [0, 0.1) is 0 Å². The molecule has 19 heavy (non-hydrogen) atoms. The van der Waals surface area contributed by atoms with E-state index in [0.29, 0.717) is 25.7 Å². The molecule has 4 N–H and O–H groups in total. The fraction of sp³-hybridized carbons (Fsp3) is 0.857. The van der Waals surface area contributed by atoms with Gasteiger partial charge in [0.2, 0.25) is 5.91 Å². The molecule has 1 rings (SSSR count). The molecule has 0 atom stereocenters. The van der Waals surface area contributed by atoms with Crippen molar-refractivity contribution in [1.82, 2.24) is 5.32 Å². The molecule has 1 aliphatic carbocycles. The molecule has 1 fully saturated rings. The smallest absolute Gasteiger partial charge is 0.329 e. The van der Waals surface area contributed by atoms with Crippen LogP contribution in [-0.2, 0) is 9.59 Å². The highest BCUT2D eigenvalue weighted by Crippen LogP contribution is 2.28. The first-order chi connectivity index (χ1) is 8.90. The van der Waals surface area contributed by atoms with E-state index in [0.717, 1.165) is 25.7 Å². The lowest BCUT2D eigenvalue weighted by Gasteiger charge is -2.34. The second-order valence-electron chi connectivity index (χ2n) is 5.62. The summed E-state index contributed by atoms with van der Waals surface area (Å²) in [6.45, 7) is 3.70. The van der Waals surface area contributed by atoms with Crippen LogP contribution in [-0.4, -0.2) is 28.1 Å². The van der Waals surface area contributed by atoms with Crippen molar-refractivity contribution in [2.45, 2.75) is 76.3 Å². The first-order valence-corrected chi connectivity index (χ1v) is 7.25. The maximum atomic E-state index is 12.3. The fourth-order valence-electron chi connectivity index (χ4n) is 2.64. The van der Waals surface area contributed by atoms with Gasteiger partial charge in [0.05, 0.1) is 5.54 Å². The standard InChI is InChI=1S/C14H26N2O3/c1-3-13(15,4-2)11(17)16-14(12(18)19)9-7-5-6-8-10-14/h3-10,15H2,1-2H3,(H,16,17)(H,18,19). The number of nitrogens with two attached hydrogens (primary N) is 1. The molecular weight excluding hydrogens is 244 g/mol. The average molecular weight is 270 g/mol. The van der Waals surface area contributed by atoms with Gasteiger partial charge in [-0.3, -0.25) is 4.79 Å². The van der Waals surface area contributed by atoms with E-state index in [1.165, 1.54) is 0 Å². The fourth-order valence-corrected chi connectivity index (χ4v) is 2.64. The van der Waals surface area contributed by atoms with Gasteiger partial charge in [-0.15, -0.1) is 0 Å². The van der Waals surface area contributed by atoms with E-state index in [9.17, 15) is 14.7 Å². The summed E-state index contributed by atoms with van der Waals surface area (Å²) in [4.78, 5) is 23.9. The minimum Gasteiger partial charge on any atom is -0.480 e. The van der Waals surface area contributed by atoms with E-state index >= 15 is 0 Å². The highest BCUT2D eigenvalue weighted by atomic mass is 16.4. The van der Waals surface area contributed by atoms with Gasteiger partial charge in [0.25, 0.3) is 0 Å². The molecule has 0 aromatic heterocycles. The van der Waals surface area contributed by atoms with Gasteiger partial charge in [-0.2, -0.15) is 0 Å². The molecule has 0 aromatic rings. The summed E-state index contributed by atoms with van der Waals surface area (Å²) in [6.07, 6.45) is 5.73. The Bertz CT molecular complexity index is 330. The second kappa shape index (κ2) is 6.37. The molecule has 0 unspecified atom stereocenters. The van der Waals surface area contributed by atoms with Crippen LogP contribution in [0.5, 0.6) is 0 Å². The molecule has 0 aromatic carbocycles.